The molecule has 2 aromatic rings. The number of carbonyl (C=O) groups is 1. The number of benzene rings is 1. The first-order chi connectivity index (χ1) is 12.1. The van der Waals surface area contributed by atoms with Gasteiger partial charge < -0.3 is 14.4 Å². The monoisotopic (exact) mass is 397 g/mol. The van der Waals surface area contributed by atoms with Gasteiger partial charge in [-0.25, -0.2) is 0 Å². The molecule has 1 amide bonds. The minimum absolute atomic E-state index is 0.174. The lowest BCUT2D eigenvalue weighted by Crippen LogP contribution is -2.37. The van der Waals surface area contributed by atoms with Gasteiger partial charge in [0.2, 0.25) is 5.91 Å². The number of thiophene rings is 1. The van der Waals surface area contributed by atoms with Crippen molar-refractivity contribution in [3.05, 3.63) is 44.6 Å². The molecule has 0 atom stereocenters. The molecule has 0 unspecified atom stereocenters. The third-order valence-corrected chi connectivity index (χ3v) is 6.55. The SMILES string of the molecule is COc1cc2c(cc1OC)CN(C(=O)CSCc1ccc(Cl)s1)CC2. The molecule has 1 aliphatic heterocycles. The van der Waals surface area contributed by atoms with E-state index in [4.69, 9.17) is 21.1 Å². The van der Waals surface area contributed by atoms with E-state index in [1.807, 2.05) is 29.2 Å². The fourth-order valence-electron chi connectivity index (χ4n) is 2.86. The molecule has 0 saturated carbocycles. The Morgan fingerprint density at radius 2 is 1.96 bits per heavy atom. The first kappa shape index (κ1) is 18.4. The Kier molecular flexibility index (Phi) is 6.15. The fourth-order valence-corrected chi connectivity index (χ4v) is 4.98. The fraction of sp³-hybridized carbons (Fsp3) is 0.389. The average molecular weight is 398 g/mol. The highest BCUT2D eigenvalue weighted by molar-refractivity contribution is 7.99. The van der Waals surface area contributed by atoms with Crippen molar-refractivity contribution in [3.63, 3.8) is 0 Å². The topological polar surface area (TPSA) is 38.8 Å². The summed E-state index contributed by atoms with van der Waals surface area (Å²) in [5.41, 5.74) is 2.36. The molecular formula is C18H20ClNO3S2. The summed E-state index contributed by atoms with van der Waals surface area (Å²) in [4.78, 5) is 15.6. The normalized spacial score (nSPS) is 13.5. The maximum absolute atomic E-state index is 12.5. The number of carbonyl (C=O) groups excluding carboxylic acids is 1. The number of amides is 1. The molecule has 0 saturated heterocycles. The van der Waals surface area contributed by atoms with Gasteiger partial charge in [-0.1, -0.05) is 11.6 Å². The molecule has 4 nitrogen and oxygen atoms in total. The quantitative estimate of drug-likeness (QED) is 0.730. The van der Waals surface area contributed by atoms with Crippen LogP contribution >= 0.6 is 34.7 Å². The minimum Gasteiger partial charge on any atom is -0.493 e. The highest BCUT2D eigenvalue weighted by atomic mass is 35.5. The molecular weight excluding hydrogens is 378 g/mol. The highest BCUT2D eigenvalue weighted by Crippen LogP contribution is 2.33. The van der Waals surface area contributed by atoms with Crippen LogP contribution in [-0.2, 0) is 23.5 Å². The van der Waals surface area contributed by atoms with Crippen molar-refractivity contribution in [2.75, 3.05) is 26.5 Å². The smallest absolute Gasteiger partial charge is 0.232 e. The zero-order valence-corrected chi connectivity index (χ0v) is 16.6. The summed E-state index contributed by atoms with van der Waals surface area (Å²) in [7, 11) is 3.27. The number of ether oxygens (including phenoxy) is 2. The van der Waals surface area contributed by atoms with Crippen LogP contribution in [0.15, 0.2) is 24.3 Å². The Bertz CT molecular complexity index is 763. The standard InChI is InChI=1S/C18H20ClNO3S2/c1-22-15-7-12-5-6-20(9-13(12)8-16(15)23-2)18(21)11-24-10-14-3-4-17(19)25-14/h3-4,7-8H,5-6,9-11H2,1-2H3. The van der Waals surface area contributed by atoms with Gasteiger partial charge in [0.15, 0.2) is 11.5 Å². The van der Waals surface area contributed by atoms with E-state index in [2.05, 4.69) is 0 Å². The van der Waals surface area contributed by atoms with Crippen molar-refractivity contribution in [3.8, 4) is 11.5 Å². The van der Waals surface area contributed by atoms with Crippen molar-refractivity contribution in [2.45, 2.75) is 18.7 Å². The third kappa shape index (κ3) is 4.43. The van der Waals surface area contributed by atoms with E-state index in [-0.39, 0.29) is 5.91 Å². The number of nitrogens with zero attached hydrogens (tertiary/aromatic N) is 1. The van der Waals surface area contributed by atoms with Gasteiger partial charge in [0.25, 0.3) is 0 Å². The van der Waals surface area contributed by atoms with Crippen LogP contribution in [0.2, 0.25) is 4.34 Å². The summed E-state index contributed by atoms with van der Waals surface area (Å²) >= 11 is 9.13. The molecule has 0 fully saturated rings. The zero-order valence-electron chi connectivity index (χ0n) is 14.2. The van der Waals surface area contributed by atoms with Gasteiger partial charge >= 0.3 is 0 Å². The number of methoxy groups -OCH3 is 2. The molecule has 7 heteroatoms. The molecule has 1 aromatic heterocycles. The lowest BCUT2D eigenvalue weighted by Gasteiger charge is -2.29. The van der Waals surface area contributed by atoms with E-state index in [1.165, 1.54) is 10.4 Å². The van der Waals surface area contributed by atoms with E-state index in [0.29, 0.717) is 18.0 Å². The largest absolute Gasteiger partial charge is 0.493 e. The predicted octanol–water partition coefficient (Wildman–Crippen LogP) is 4.24. The second kappa shape index (κ2) is 8.34. The number of halogens is 1. The van der Waals surface area contributed by atoms with Crippen LogP contribution in [0.3, 0.4) is 0 Å². The zero-order chi connectivity index (χ0) is 17.8. The summed E-state index contributed by atoms with van der Waals surface area (Å²) in [6.07, 6.45) is 0.840. The second-order valence-corrected chi connectivity index (χ2v) is 8.53. The van der Waals surface area contributed by atoms with Crippen LogP contribution in [-0.4, -0.2) is 37.3 Å². The molecule has 25 heavy (non-hydrogen) atoms. The Morgan fingerprint density at radius 3 is 2.60 bits per heavy atom. The van der Waals surface area contributed by atoms with E-state index in [1.54, 1.807) is 37.3 Å². The summed E-state index contributed by atoms with van der Waals surface area (Å²) in [5, 5.41) is 0. The van der Waals surface area contributed by atoms with Crippen molar-refractivity contribution in [1.29, 1.82) is 0 Å². The molecule has 0 spiro atoms. The Hall–Kier alpha value is -1.37. The number of thioether (sulfide) groups is 1. The summed E-state index contributed by atoms with van der Waals surface area (Å²) in [6.45, 7) is 1.37. The Balaban J connectivity index is 1.58. The lowest BCUT2D eigenvalue weighted by atomic mass is 9.99. The van der Waals surface area contributed by atoms with Gasteiger partial charge in [0.1, 0.15) is 0 Å². The molecule has 0 bridgehead atoms. The lowest BCUT2D eigenvalue weighted by molar-refractivity contribution is -0.129. The third-order valence-electron chi connectivity index (χ3n) is 4.17. The Morgan fingerprint density at radius 1 is 1.24 bits per heavy atom. The number of fused-ring (bicyclic) bond motifs is 1. The van der Waals surface area contributed by atoms with Gasteiger partial charge in [0, 0.05) is 23.7 Å². The van der Waals surface area contributed by atoms with Crippen molar-refractivity contribution >= 4 is 40.6 Å². The second-order valence-electron chi connectivity index (χ2n) is 5.74. The average Bonchev–Trinajstić information content (AvgIpc) is 3.05. The van der Waals surface area contributed by atoms with Gasteiger partial charge in [-0.3, -0.25) is 4.79 Å². The predicted molar refractivity (Wildman–Crippen MR) is 104 cm³/mol. The molecule has 0 N–H and O–H groups in total. The maximum Gasteiger partial charge on any atom is 0.232 e. The van der Waals surface area contributed by atoms with Crippen molar-refractivity contribution in [1.82, 2.24) is 4.90 Å². The number of rotatable bonds is 6. The molecule has 2 heterocycles. The van der Waals surface area contributed by atoms with Crippen LogP contribution in [0, 0.1) is 0 Å². The van der Waals surface area contributed by atoms with Crippen LogP contribution in [0.1, 0.15) is 16.0 Å². The van der Waals surface area contributed by atoms with Gasteiger partial charge in [-0.15, -0.1) is 23.1 Å². The molecule has 134 valence electrons. The van der Waals surface area contributed by atoms with E-state index in [0.717, 1.165) is 34.4 Å². The van der Waals surface area contributed by atoms with Crippen molar-refractivity contribution < 1.29 is 14.3 Å². The maximum atomic E-state index is 12.5. The molecule has 0 radical (unpaired) electrons. The van der Waals surface area contributed by atoms with Crippen LogP contribution < -0.4 is 9.47 Å². The molecule has 0 aliphatic carbocycles. The molecule has 1 aliphatic rings. The summed E-state index contributed by atoms with van der Waals surface area (Å²) in [6, 6.07) is 7.91. The minimum atomic E-state index is 0.174. The van der Waals surface area contributed by atoms with Crippen molar-refractivity contribution in [2.24, 2.45) is 0 Å². The van der Waals surface area contributed by atoms with E-state index >= 15 is 0 Å². The number of hydrogen-bond acceptors (Lipinski definition) is 5. The van der Waals surface area contributed by atoms with Gasteiger partial charge in [0.05, 0.1) is 24.3 Å². The Labute approximate surface area is 161 Å². The molecule has 3 rings (SSSR count). The van der Waals surface area contributed by atoms with Crippen LogP contribution in [0.4, 0.5) is 0 Å². The number of hydrogen-bond donors (Lipinski definition) is 0. The van der Waals surface area contributed by atoms with Gasteiger partial charge in [-0.05, 0) is 41.8 Å². The molecule has 1 aromatic carbocycles. The first-order valence-electron chi connectivity index (χ1n) is 7.94. The summed E-state index contributed by atoms with van der Waals surface area (Å²) < 4.78 is 11.5. The van der Waals surface area contributed by atoms with E-state index < -0.39 is 0 Å². The summed E-state index contributed by atoms with van der Waals surface area (Å²) in [5.74, 6) is 2.93. The van der Waals surface area contributed by atoms with Gasteiger partial charge in [-0.2, -0.15) is 0 Å². The first-order valence-corrected chi connectivity index (χ1v) is 10.3. The van der Waals surface area contributed by atoms with E-state index in [9.17, 15) is 4.79 Å². The highest BCUT2D eigenvalue weighted by Gasteiger charge is 2.22. The van der Waals surface area contributed by atoms with Crippen LogP contribution in [0.25, 0.3) is 0 Å². The van der Waals surface area contributed by atoms with Crippen LogP contribution in [0.5, 0.6) is 11.5 Å².